The number of hydrogen-bond donors (Lipinski definition) is 1. The molecule has 0 amide bonds. The number of nitrogens with zero attached hydrogens (tertiary/aromatic N) is 1. The van der Waals surface area contributed by atoms with E-state index in [1.54, 1.807) is 0 Å². The molecule has 10 heavy (non-hydrogen) atoms. The van der Waals surface area contributed by atoms with Crippen LogP contribution >= 0.6 is 0 Å². The molecule has 0 aromatic heterocycles. The third kappa shape index (κ3) is 1.81. The molecule has 0 saturated heterocycles. The molecule has 1 heterocycles. The van der Waals surface area contributed by atoms with Gasteiger partial charge in [0.2, 0.25) is 0 Å². The number of aliphatic imine (C=N–C) groups is 1. The van der Waals surface area contributed by atoms with Crippen molar-refractivity contribution >= 4 is 6.21 Å². The normalized spacial score (nSPS) is 32.6. The molecule has 1 aliphatic rings. The van der Waals surface area contributed by atoms with Gasteiger partial charge in [0.25, 0.3) is 0 Å². The van der Waals surface area contributed by atoms with E-state index in [4.69, 9.17) is 0 Å². The maximum absolute atomic E-state index is 4.26. The van der Waals surface area contributed by atoms with Crippen molar-refractivity contribution in [1.82, 2.24) is 5.32 Å². The molecule has 0 saturated carbocycles. The highest BCUT2D eigenvalue weighted by Gasteiger charge is 2.16. The van der Waals surface area contributed by atoms with Crippen molar-refractivity contribution in [3.8, 4) is 0 Å². The molecule has 0 spiro atoms. The Bertz CT molecular complexity index is 120. The molecule has 0 bridgehead atoms. The van der Waals surface area contributed by atoms with Gasteiger partial charge in [-0.1, -0.05) is 6.92 Å². The van der Waals surface area contributed by atoms with Gasteiger partial charge in [0.15, 0.2) is 0 Å². The van der Waals surface area contributed by atoms with E-state index < -0.39 is 0 Å². The highest BCUT2D eigenvalue weighted by Crippen LogP contribution is 2.16. The summed E-state index contributed by atoms with van der Waals surface area (Å²) in [6, 6.07) is 0. The standard InChI is InChI=1S/C8H16N2/c1-7-3-4-10-6-8(7)5-9-2/h6-9H,3-5H2,1-2H3/t7-,8?/m1/s1. The fraction of sp³-hybridized carbons (Fsp3) is 0.875. The maximum Gasteiger partial charge on any atom is 0.0388 e. The highest BCUT2D eigenvalue weighted by molar-refractivity contribution is 5.62. The van der Waals surface area contributed by atoms with E-state index >= 15 is 0 Å². The maximum atomic E-state index is 4.26. The van der Waals surface area contributed by atoms with E-state index in [2.05, 4.69) is 23.4 Å². The molecule has 58 valence electrons. The van der Waals surface area contributed by atoms with E-state index in [0.717, 1.165) is 19.0 Å². The Labute approximate surface area is 62.7 Å². The molecule has 1 rings (SSSR count). The van der Waals surface area contributed by atoms with Gasteiger partial charge in [0.1, 0.15) is 0 Å². The summed E-state index contributed by atoms with van der Waals surface area (Å²) in [5, 5.41) is 3.18. The van der Waals surface area contributed by atoms with Gasteiger partial charge in [-0.05, 0) is 19.4 Å². The van der Waals surface area contributed by atoms with Crippen molar-refractivity contribution < 1.29 is 0 Å². The molecule has 2 atom stereocenters. The first-order valence-corrected chi connectivity index (χ1v) is 3.99. The summed E-state index contributed by atoms with van der Waals surface area (Å²) in [7, 11) is 2.00. The van der Waals surface area contributed by atoms with Crippen molar-refractivity contribution in [3.63, 3.8) is 0 Å². The van der Waals surface area contributed by atoms with Crippen molar-refractivity contribution in [1.29, 1.82) is 0 Å². The Morgan fingerprint density at radius 3 is 3.10 bits per heavy atom. The minimum atomic E-state index is 0.666. The Balaban J connectivity index is 2.39. The fourth-order valence-electron chi connectivity index (χ4n) is 1.34. The van der Waals surface area contributed by atoms with Crippen molar-refractivity contribution in [3.05, 3.63) is 0 Å². The topological polar surface area (TPSA) is 24.4 Å². The van der Waals surface area contributed by atoms with Gasteiger partial charge in [-0.3, -0.25) is 4.99 Å². The lowest BCUT2D eigenvalue weighted by molar-refractivity contribution is 0.407. The van der Waals surface area contributed by atoms with Crippen LogP contribution in [0.15, 0.2) is 4.99 Å². The zero-order valence-corrected chi connectivity index (χ0v) is 6.80. The molecule has 2 heteroatoms. The van der Waals surface area contributed by atoms with Crippen LogP contribution in [0.25, 0.3) is 0 Å². The van der Waals surface area contributed by atoms with Gasteiger partial charge in [-0.2, -0.15) is 0 Å². The van der Waals surface area contributed by atoms with Crippen LogP contribution in [0.3, 0.4) is 0 Å². The van der Waals surface area contributed by atoms with Crippen LogP contribution in [0.4, 0.5) is 0 Å². The van der Waals surface area contributed by atoms with E-state index in [1.807, 2.05) is 7.05 Å². The molecular weight excluding hydrogens is 124 g/mol. The summed E-state index contributed by atoms with van der Waals surface area (Å²) < 4.78 is 0. The van der Waals surface area contributed by atoms with Crippen LogP contribution in [0, 0.1) is 11.8 Å². The number of nitrogens with one attached hydrogen (secondary N) is 1. The molecule has 0 fully saturated rings. The molecule has 2 nitrogen and oxygen atoms in total. The third-order valence-corrected chi connectivity index (χ3v) is 2.18. The largest absolute Gasteiger partial charge is 0.319 e. The zero-order chi connectivity index (χ0) is 7.40. The average molecular weight is 140 g/mol. The minimum Gasteiger partial charge on any atom is -0.319 e. The first kappa shape index (κ1) is 7.73. The summed E-state index contributed by atoms with van der Waals surface area (Å²) in [5.41, 5.74) is 0. The lowest BCUT2D eigenvalue weighted by Crippen LogP contribution is -2.28. The van der Waals surface area contributed by atoms with Gasteiger partial charge in [0.05, 0.1) is 0 Å². The summed E-state index contributed by atoms with van der Waals surface area (Å²) in [6.45, 7) is 4.40. The predicted molar refractivity (Wildman–Crippen MR) is 44.6 cm³/mol. The average Bonchev–Trinajstić information content (AvgIpc) is 1.94. The number of hydrogen-bond acceptors (Lipinski definition) is 2. The summed E-state index contributed by atoms with van der Waals surface area (Å²) in [4.78, 5) is 4.26. The number of rotatable bonds is 2. The minimum absolute atomic E-state index is 0.666. The molecule has 0 radical (unpaired) electrons. The van der Waals surface area contributed by atoms with Crippen LogP contribution in [-0.2, 0) is 0 Å². The Morgan fingerprint density at radius 2 is 2.50 bits per heavy atom. The Morgan fingerprint density at radius 1 is 1.70 bits per heavy atom. The quantitative estimate of drug-likeness (QED) is 0.606. The fourth-order valence-corrected chi connectivity index (χ4v) is 1.34. The van der Waals surface area contributed by atoms with Crippen molar-refractivity contribution in [2.45, 2.75) is 13.3 Å². The van der Waals surface area contributed by atoms with Gasteiger partial charge in [-0.25, -0.2) is 0 Å². The molecule has 0 aromatic carbocycles. The Hall–Kier alpha value is -0.370. The first-order chi connectivity index (χ1) is 4.84. The summed E-state index contributed by atoms with van der Waals surface area (Å²) in [5.74, 6) is 1.48. The zero-order valence-electron chi connectivity index (χ0n) is 6.80. The van der Waals surface area contributed by atoms with Gasteiger partial charge < -0.3 is 5.32 Å². The lowest BCUT2D eigenvalue weighted by atomic mass is 9.90. The Kier molecular flexibility index (Phi) is 2.87. The predicted octanol–water partition coefficient (Wildman–Crippen LogP) is 0.933. The second kappa shape index (κ2) is 3.71. The molecule has 0 aromatic rings. The summed E-state index contributed by atoms with van der Waals surface area (Å²) in [6.07, 6.45) is 3.35. The van der Waals surface area contributed by atoms with E-state index in [-0.39, 0.29) is 0 Å². The monoisotopic (exact) mass is 140 g/mol. The van der Waals surface area contributed by atoms with E-state index in [9.17, 15) is 0 Å². The van der Waals surface area contributed by atoms with E-state index in [0.29, 0.717) is 5.92 Å². The summed E-state index contributed by atoms with van der Waals surface area (Å²) >= 11 is 0. The van der Waals surface area contributed by atoms with Crippen LogP contribution in [0.5, 0.6) is 0 Å². The molecular formula is C8H16N2. The molecule has 1 aliphatic heterocycles. The van der Waals surface area contributed by atoms with Crippen molar-refractivity contribution in [2.24, 2.45) is 16.8 Å². The van der Waals surface area contributed by atoms with Crippen LogP contribution < -0.4 is 5.32 Å². The van der Waals surface area contributed by atoms with Gasteiger partial charge >= 0.3 is 0 Å². The third-order valence-electron chi connectivity index (χ3n) is 2.18. The van der Waals surface area contributed by atoms with Crippen molar-refractivity contribution in [2.75, 3.05) is 20.1 Å². The second-order valence-corrected chi connectivity index (χ2v) is 3.04. The highest BCUT2D eigenvalue weighted by atomic mass is 14.8. The smallest absolute Gasteiger partial charge is 0.0388 e. The van der Waals surface area contributed by atoms with Gasteiger partial charge in [0, 0.05) is 25.2 Å². The molecule has 1 N–H and O–H groups in total. The molecule has 0 aliphatic carbocycles. The van der Waals surface area contributed by atoms with Crippen LogP contribution in [-0.4, -0.2) is 26.4 Å². The van der Waals surface area contributed by atoms with E-state index in [1.165, 1.54) is 6.42 Å². The SMILES string of the molecule is CNCC1C=NCC[C@H]1C. The second-order valence-electron chi connectivity index (χ2n) is 3.04. The van der Waals surface area contributed by atoms with Gasteiger partial charge in [-0.15, -0.1) is 0 Å². The van der Waals surface area contributed by atoms with Crippen LogP contribution in [0.1, 0.15) is 13.3 Å². The first-order valence-electron chi connectivity index (χ1n) is 3.99. The van der Waals surface area contributed by atoms with Crippen LogP contribution in [0.2, 0.25) is 0 Å². The molecule has 1 unspecified atom stereocenters. The lowest BCUT2D eigenvalue weighted by Gasteiger charge is -2.22.